The fourth-order valence-corrected chi connectivity index (χ4v) is 9.35. The van der Waals surface area contributed by atoms with Gasteiger partial charge in [0.05, 0.1) is 48.7 Å². The Balaban J connectivity index is 0.000000137. The van der Waals surface area contributed by atoms with Crippen molar-refractivity contribution in [3.05, 3.63) is 82.6 Å². The summed E-state index contributed by atoms with van der Waals surface area (Å²) in [6.45, 7) is 4.01. The zero-order valence-electron chi connectivity index (χ0n) is 27.8. The molecule has 0 radical (unpaired) electrons. The second kappa shape index (κ2) is 13.4. The quantitative estimate of drug-likeness (QED) is 0.169. The van der Waals surface area contributed by atoms with Gasteiger partial charge in [0.25, 0.3) is 0 Å². The first-order chi connectivity index (χ1) is 24.9. The minimum absolute atomic E-state index is 0.276. The number of piperidine rings is 2. The van der Waals surface area contributed by atoms with E-state index in [9.17, 15) is 8.78 Å². The Morgan fingerprint density at radius 2 is 1.22 bits per heavy atom. The van der Waals surface area contributed by atoms with E-state index in [0.29, 0.717) is 22.9 Å². The van der Waals surface area contributed by atoms with E-state index in [1.807, 2.05) is 49.6 Å². The molecule has 0 unspecified atom stereocenters. The van der Waals surface area contributed by atoms with E-state index in [-0.39, 0.29) is 11.6 Å². The van der Waals surface area contributed by atoms with Crippen molar-refractivity contribution in [2.45, 2.75) is 37.5 Å². The molecular formula is C37H34F2N10S2. The molecule has 8 heterocycles. The fourth-order valence-electron chi connectivity index (χ4n) is 6.97. The molecule has 0 amide bonds. The van der Waals surface area contributed by atoms with Crippen molar-refractivity contribution >= 4 is 65.2 Å². The summed E-state index contributed by atoms with van der Waals surface area (Å²) >= 11 is 3.22. The van der Waals surface area contributed by atoms with Crippen LogP contribution in [0.15, 0.2) is 60.9 Å². The monoisotopic (exact) mass is 720 g/mol. The number of hydrogen-bond donors (Lipinski definition) is 3. The Labute approximate surface area is 299 Å². The van der Waals surface area contributed by atoms with Gasteiger partial charge in [-0.05, 0) is 100 Å². The molecule has 6 aromatic heterocycles. The Bertz CT molecular complexity index is 2520. The van der Waals surface area contributed by atoms with Gasteiger partial charge >= 0.3 is 0 Å². The number of halogens is 2. The van der Waals surface area contributed by atoms with Gasteiger partial charge in [-0.25, -0.2) is 28.7 Å². The molecule has 2 aromatic carbocycles. The zero-order valence-corrected chi connectivity index (χ0v) is 29.4. The predicted molar refractivity (Wildman–Crippen MR) is 199 cm³/mol. The second-order valence-corrected chi connectivity index (χ2v) is 15.3. The van der Waals surface area contributed by atoms with E-state index in [4.69, 9.17) is 0 Å². The molecule has 3 N–H and O–H groups in total. The Kier molecular flexibility index (Phi) is 8.46. The third-order valence-electron chi connectivity index (χ3n) is 9.67. The van der Waals surface area contributed by atoms with Crippen molar-refractivity contribution in [3.63, 3.8) is 0 Å². The number of fused-ring (bicyclic) bond motifs is 4. The van der Waals surface area contributed by atoms with Crippen molar-refractivity contribution in [2.24, 2.45) is 7.05 Å². The van der Waals surface area contributed by atoms with Crippen molar-refractivity contribution < 1.29 is 8.78 Å². The molecule has 0 aliphatic carbocycles. The van der Waals surface area contributed by atoms with Crippen LogP contribution in [-0.2, 0) is 7.05 Å². The topological polar surface area (TPSA) is 122 Å². The maximum atomic E-state index is 14.7. The summed E-state index contributed by atoms with van der Waals surface area (Å²) < 4.78 is 32.9. The first-order valence-corrected chi connectivity index (χ1v) is 18.8. The Morgan fingerprint density at radius 1 is 0.667 bits per heavy atom. The number of benzene rings is 2. The van der Waals surface area contributed by atoms with Gasteiger partial charge < -0.3 is 10.6 Å². The molecule has 258 valence electrons. The SMILES string of the molecule is Cn1cc2nc(-c3cc(F)c4nc(C5CCNCC5)sc4c3)ccc2n1.Fc1cc(-c2ccc3[nH]ncc3n2)cc2sc(C3CCNCC3)nc12. The summed E-state index contributed by atoms with van der Waals surface area (Å²) in [5.74, 6) is 0.309. The van der Waals surface area contributed by atoms with Crippen molar-refractivity contribution in [1.29, 1.82) is 0 Å². The van der Waals surface area contributed by atoms with Gasteiger partial charge in [-0.1, -0.05) is 0 Å². The van der Waals surface area contributed by atoms with Crippen LogP contribution >= 0.6 is 22.7 Å². The lowest BCUT2D eigenvalue weighted by Gasteiger charge is -2.20. The van der Waals surface area contributed by atoms with Crippen LogP contribution in [0, 0.1) is 11.6 Å². The molecule has 2 aliphatic rings. The summed E-state index contributed by atoms with van der Waals surface area (Å²) in [7, 11) is 1.87. The van der Waals surface area contributed by atoms with E-state index < -0.39 is 0 Å². The van der Waals surface area contributed by atoms with E-state index in [0.717, 1.165) is 116 Å². The number of pyridine rings is 2. The van der Waals surface area contributed by atoms with Crippen LogP contribution in [-0.4, -0.2) is 66.1 Å². The molecule has 2 saturated heterocycles. The largest absolute Gasteiger partial charge is 0.317 e. The van der Waals surface area contributed by atoms with Crippen molar-refractivity contribution in [3.8, 4) is 22.5 Å². The van der Waals surface area contributed by atoms with Gasteiger partial charge in [0, 0.05) is 30.0 Å². The number of aryl methyl sites for hydroxylation is 1. The highest BCUT2D eigenvalue weighted by atomic mass is 32.1. The molecule has 0 atom stereocenters. The lowest BCUT2D eigenvalue weighted by molar-refractivity contribution is 0.459. The zero-order chi connectivity index (χ0) is 34.5. The molecule has 0 saturated carbocycles. The van der Waals surface area contributed by atoms with Gasteiger partial charge in [0.15, 0.2) is 11.6 Å². The number of H-pyrrole nitrogens is 1. The normalized spacial score (nSPS) is 16.0. The number of rotatable bonds is 4. The molecule has 10 rings (SSSR count). The number of nitrogens with one attached hydrogen (secondary N) is 3. The summed E-state index contributed by atoms with van der Waals surface area (Å²) in [5.41, 5.74) is 7.30. The number of hydrogen-bond acceptors (Lipinski definition) is 10. The fraction of sp³-hybridized carbons (Fsp3) is 0.297. The van der Waals surface area contributed by atoms with Crippen LogP contribution in [0.5, 0.6) is 0 Å². The maximum absolute atomic E-state index is 14.7. The lowest BCUT2D eigenvalue weighted by atomic mass is 9.99. The smallest absolute Gasteiger partial charge is 0.150 e. The third kappa shape index (κ3) is 6.37. The van der Waals surface area contributed by atoms with Gasteiger partial charge in [-0.2, -0.15) is 10.2 Å². The van der Waals surface area contributed by atoms with Gasteiger partial charge in [0.2, 0.25) is 0 Å². The molecule has 2 aliphatic heterocycles. The lowest BCUT2D eigenvalue weighted by Crippen LogP contribution is -2.26. The minimum Gasteiger partial charge on any atom is -0.317 e. The number of aromatic amines is 1. The van der Waals surface area contributed by atoms with Crippen LogP contribution in [0.4, 0.5) is 8.78 Å². The van der Waals surface area contributed by atoms with Crippen LogP contribution in [0.1, 0.15) is 47.5 Å². The molecule has 10 nitrogen and oxygen atoms in total. The number of thiazole rings is 2. The molecule has 2 fully saturated rings. The van der Waals surface area contributed by atoms with Crippen LogP contribution in [0.2, 0.25) is 0 Å². The van der Waals surface area contributed by atoms with Crippen molar-refractivity contribution in [1.82, 2.24) is 50.5 Å². The molecular weight excluding hydrogens is 687 g/mol. The van der Waals surface area contributed by atoms with Crippen LogP contribution in [0.3, 0.4) is 0 Å². The molecule has 8 aromatic rings. The third-order valence-corrected chi connectivity index (χ3v) is 12.0. The number of nitrogens with zero attached hydrogens (tertiary/aromatic N) is 7. The van der Waals surface area contributed by atoms with Crippen LogP contribution < -0.4 is 10.6 Å². The van der Waals surface area contributed by atoms with E-state index in [1.54, 1.807) is 39.6 Å². The first kappa shape index (κ1) is 32.2. The van der Waals surface area contributed by atoms with Crippen LogP contribution in [0.25, 0.3) is 65.0 Å². The Hall–Kier alpha value is -4.76. The predicted octanol–water partition coefficient (Wildman–Crippen LogP) is 7.69. The highest BCUT2D eigenvalue weighted by Gasteiger charge is 2.22. The molecule has 0 spiro atoms. The van der Waals surface area contributed by atoms with E-state index in [1.165, 1.54) is 6.07 Å². The molecule has 14 heteroatoms. The van der Waals surface area contributed by atoms with Gasteiger partial charge in [-0.15, -0.1) is 22.7 Å². The average Bonchev–Trinajstić information content (AvgIpc) is 3.97. The van der Waals surface area contributed by atoms with Crippen molar-refractivity contribution in [2.75, 3.05) is 26.2 Å². The highest BCUT2D eigenvalue weighted by Crippen LogP contribution is 2.37. The van der Waals surface area contributed by atoms with Gasteiger partial charge in [0.1, 0.15) is 27.6 Å². The highest BCUT2D eigenvalue weighted by molar-refractivity contribution is 7.19. The van der Waals surface area contributed by atoms with Gasteiger partial charge in [-0.3, -0.25) is 9.78 Å². The molecule has 51 heavy (non-hydrogen) atoms. The first-order valence-electron chi connectivity index (χ1n) is 17.2. The standard InChI is InChI=1S/C19H18FN5S.C18H16FN5S/c1-25-10-16-15(24-25)3-2-14(22-16)12-8-13(20)18-17(9-12)26-19(23-18)11-4-6-21-7-5-11;19-12-7-11(13-1-2-14-15(22-13)9-21-24-14)8-16-17(12)23-18(25-16)10-3-5-20-6-4-10/h2-3,8-11,21H,4-7H2,1H3;1-2,7-10,20H,3-6H2,(H,21,24). The summed E-state index contributed by atoms with van der Waals surface area (Å²) in [6.07, 6.45) is 7.80. The Morgan fingerprint density at radius 3 is 1.80 bits per heavy atom. The second-order valence-electron chi connectivity index (χ2n) is 13.2. The van der Waals surface area contributed by atoms with E-state index >= 15 is 0 Å². The summed E-state index contributed by atoms with van der Waals surface area (Å²) in [6, 6.07) is 14.7. The number of aromatic nitrogens is 8. The van der Waals surface area contributed by atoms with E-state index in [2.05, 4.69) is 45.9 Å². The maximum Gasteiger partial charge on any atom is 0.150 e. The summed E-state index contributed by atoms with van der Waals surface area (Å²) in [5, 5.41) is 20.0. The summed E-state index contributed by atoms with van der Waals surface area (Å²) in [4.78, 5) is 18.4. The minimum atomic E-state index is -0.280. The average molecular weight is 721 g/mol. The molecule has 0 bridgehead atoms.